The molecule has 0 amide bonds. The lowest BCUT2D eigenvalue weighted by molar-refractivity contribution is 0.628. The van der Waals surface area contributed by atoms with E-state index < -0.39 is 0 Å². The van der Waals surface area contributed by atoms with Crippen LogP contribution < -0.4 is 10.2 Å². The van der Waals surface area contributed by atoms with Crippen molar-refractivity contribution in [2.75, 3.05) is 18.5 Å². The summed E-state index contributed by atoms with van der Waals surface area (Å²) >= 11 is 0. The van der Waals surface area contributed by atoms with Crippen LogP contribution in [0.1, 0.15) is 16.8 Å². The molecular formula is C16H18FN3. The van der Waals surface area contributed by atoms with Gasteiger partial charge in [0.2, 0.25) is 0 Å². The Kier molecular flexibility index (Phi) is 3.40. The second kappa shape index (κ2) is 5.21. The van der Waals surface area contributed by atoms with Gasteiger partial charge < -0.3 is 10.2 Å². The molecule has 1 aliphatic rings. The maximum Gasteiger partial charge on any atom is 0.133 e. The predicted molar refractivity (Wildman–Crippen MR) is 78.8 cm³/mol. The molecule has 0 bridgehead atoms. The van der Waals surface area contributed by atoms with Gasteiger partial charge in [-0.05, 0) is 49.7 Å². The van der Waals surface area contributed by atoms with Gasteiger partial charge in [0.1, 0.15) is 11.6 Å². The summed E-state index contributed by atoms with van der Waals surface area (Å²) in [5.41, 5.74) is 4.33. The van der Waals surface area contributed by atoms with Crippen LogP contribution in [0.5, 0.6) is 0 Å². The van der Waals surface area contributed by atoms with Crippen LogP contribution in [0.4, 0.5) is 15.9 Å². The first kappa shape index (κ1) is 13.1. The van der Waals surface area contributed by atoms with E-state index in [1.54, 1.807) is 6.07 Å². The minimum Gasteiger partial charge on any atom is -0.326 e. The Morgan fingerprint density at radius 3 is 2.90 bits per heavy atom. The second-order valence-electron chi connectivity index (χ2n) is 5.12. The van der Waals surface area contributed by atoms with Crippen molar-refractivity contribution in [3.63, 3.8) is 0 Å². The molecule has 4 heteroatoms. The largest absolute Gasteiger partial charge is 0.326 e. The van der Waals surface area contributed by atoms with Crippen LogP contribution in [-0.4, -0.2) is 18.6 Å². The van der Waals surface area contributed by atoms with Crippen LogP contribution in [0.25, 0.3) is 0 Å². The molecule has 1 aromatic heterocycles. The number of pyridine rings is 1. The van der Waals surface area contributed by atoms with E-state index in [1.807, 2.05) is 26.1 Å². The smallest absolute Gasteiger partial charge is 0.133 e. The number of anilines is 2. The summed E-state index contributed by atoms with van der Waals surface area (Å²) in [5.74, 6) is 0.700. The quantitative estimate of drug-likeness (QED) is 0.930. The van der Waals surface area contributed by atoms with Crippen molar-refractivity contribution in [1.82, 2.24) is 10.3 Å². The summed E-state index contributed by atoms with van der Waals surface area (Å²) in [6.07, 6.45) is 0.939. The predicted octanol–water partition coefficient (Wildman–Crippen LogP) is 2.94. The zero-order valence-corrected chi connectivity index (χ0v) is 11.8. The maximum absolute atomic E-state index is 13.4. The van der Waals surface area contributed by atoms with E-state index in [9.17, 15) is 4.39 Å². The second-order valence-corrected chi connectivity index (χ2v) is 5.12. The highest BCUT2D eigenvalue weighted by Crippen LogP contribution is 2.34. The summed E-state index contributed by atoms with van der Waals surface area (Å²) < 4.78 is 13.4. The Labute approximate surface area is 118 Å². The third kappa shape index (κ3) is 2.27. The van der Waals surface area contributed by atoms with Crippen LogP contribution in [0.2, 0.25) is 0 Å². The Morgan fingerprint density at radius 1 is 1.30 bits per heavy atom. The maximum atomic E-state index is 13.4. The molecule has 1 N–H and O–H groups in total. The number of aryl methyl sites for hydroxylation is 1. The number of benzene rings is 1. The van der Waals surface area contributed by atoms with Gasteiger partial charge in [-0.25, -0.2) is 9.37 Å². The van der Waals surface area contributed by atoms with E-state index in [4.69, 9.17) is 0 Å². The zero-order chi connectivity index (χ0) is 14.1. The molecule has 0 saturated heterocycles. The molecule has 104 valence electrons. The minimum atomic E-state index is -0.195. The molecule has 2 heterocycles. The molecule has 0 fully saturated rings. The lowest BCUT2D eigenvalue weighted by atomic mass is 10.1. The number of rotatable bonds is 3. The van der Waals surface area contributed by atoms with Crippen molar-refractivity contribution in [2.24, 2.45) is 0 Å². The zero-order valence-electron chi connectivity index (χ0n) is 11.8. The van der Waals surface area contributed by atoms with E-state index in [0.717, 1.165) is 36.7 Å². The van der Waals surface area contributed by atoms with E-state index in [-0.39, 0.29) is 5.82 Å². The number of nitrogens with one attached hydrogen (secondary N) is 1. The van der Waals surface area contributed by atoms with Crippen LogP contribution in [0.15, 0.2) is 30.3 Å². The molecule has 0 atom stereocenters. The van der Waals surface area contributed by atoms with Crippen LogP contribution >= 0.6 is 0 Å². The fourth-order valence-corrected chi connectivity index (χ4v) is 2.69. The topological polar surface area (TPSA) is 28.2 Å². The summed E-state index contributed by atoms with van der Waals surface area (Å²) in [7, 11) is 1.92. The number of nitrogens with zero attached hydrogens (tertiary/aromatic N) is 2. The summed E-state index contributed by atoms with van der Waals surface area (Å²) in [4.78, 5) is 6.76. The molecule has 1 aliphatic heterocycles. The fourth-order valence-electron chi connectivity index (χ4n) is 2.69. The first-order valence-corrected chi connectivity index (χ1v) is 6.86. The van der Waals surface area contributed by atoms with E-state index in [0.29, 0.717) is 0 Å². The van der Waals surface area contributed by atoms with E-state index in [2.05, 4.69) is 21.3 Å². The van der Waals surface area contributed by atoms with E-state index >= 15 is 0 Å². The SMILES string of the molecule is CNCc1ccc(N2CCc3ccc(F)cc32)nc1C. The molecule has 0 spiro atoms. The normalized spacial score (nSPS) is 13.7. The van der Waals surface area contributed by atoms with Crippen molar-refractivity contribution in [1.29, 1.82) is 0 Å². The number of hydrogen-bond donors (Lipinski definition) is 1. The molecule has 3 nitrogen and oxygen atoms in total. The summed E-state index contributed by atoms with van der Waals surface area (Å²) in [6.45, 7) is 3.68. The fraction of sp³-hybridized carbons (Fsp3) is 0.312. The van der Waals surface area contributed by atoms with Gasteiger partial charge in [0.05, 0.1) is 0 Å². The standard InChI is InChI=1S/C16H18FN3/c1-11-13(10-18-2)4-6-16(19-11)20-8-7-12-3-5-14(17)9-15(12)20/h3-6,9,18H,7-8,10H2,1-2H3. The lowest BCUT2D eigenvalue weighted by Gasteiger charge is -2.19. The first-order valence-electron chi connectivity index (χ1n) is 6.86. The molecule has 1 aromatic carbocycles. The molecule has 2 aromatic rings. The summed E-state index contributed by atoms with van der Waals surface area (Å²) in [5, 5.41) is 3.13. The third-order valence-corrected chi connectivity index (χ3v) is 3.77. The summed E-state index contributed by atoms with van der Waals surface area (Å²) in [6, 6.07) is 9.09. The highest BCUT2D eigenvalue weighted by molar-refractivity contribution is 5.67. The van der Waals surface area contributed by atoms with Crippen molar-refractivity contribution in [3.8, 4) is 0 Å². The number of aromatic nitrogens is 1. The minimum absolute atomic E-state index is 0.195. The Morgan fingerprint density at radius 2 is 2.15 bits per heavy atom. The Hall–Kier alpha value is -1.94. The van der Waals surface area contributed by atoms with Crippen LogP contribution in [-0.2, 0) is 13.0 Å². The molecule has 20 heavy (non-hydrogen) atoms. The third-order valence-electron chi connectivity index (χ3n) is 3.77. The van der Waals surface area contributed by atoms with Crippen molar-refractivity contribution in [3.05, 3.63) is 53.0 Å². The monoisotopic (exact) mass is 271 g/mol. The van der Waals surface area contributed by atoms with Crippen molar-refractivity contribution < 1.29 is 4.39 Å². The Balaban J connectivity index is 1.96. The molecule has 0 radical (unpaired) electrons. The molecule has 0 unspecified atom stereocenters. The van der Waals surface area contributed by atoms with Gasteiger partial charge in [-0.2, -0.15) is 0 Å². The van der Waals surface area contributed by atoms with E-state index in [1.165, 1.54) is 17.2 Å². The van der Waals surface area contributed by atoms with Gasteiger partial charge in [0, 0.05) is 24.5 Å². The highest BCUT2D eigenvalue weighted by atomic mass is 19.1. The molecule has 0 aliphatic carbocycles. The van der Waals surface area contributed by atoms with Crippen molar-refractivity contribution >= 4 is 11.5 Å². The van der Waals surface area contributed by atoms with Gasteiger partial charge in [-0.1, -0.05) is 12.1 Å². The van der Waals surface area contributed by atoms with Crippen LogP contribution in [0.3, 0.4) is 0 Å². The number of hydrogen-bond acceptors (Lipinski definition) is 3. The number of halogens is 1. The highest BCUT2D eigenvalue weighted by Gasteiger charge is 2.22. The number of fused-ring (bicyclic) bond motifs is 1. The lowest BCUT2D eigenvalue weighted by Crippen LogP contribution is -2.16. The average Bonchev–Trinajstić information content (AvgIpc) is 2.84. The van der Waals surface area contributed by atoms with Gasteiger partial charge in [0.25, 0.3) is 0 Å². The van der Waals surface area contributed by atoms with Gasteiger partial charge in [-0.3, -0.25) is 0 Å². The van der Waals surface area contributed by atoms with Crippen molar-refractivity contribution in [2.45, 2.75) is 19.9 Å². The van der Waals surface area contributed by atoms with Gasteiger partial charge >= 0.3 is 0 Å². The van der Waals surface area contributed by atoms with Gasteiger partial charge in [0.15, 0.2) is 0 Å². The Bertz CT molecular complexity index is 640. The first-order chi connectivity index (χ1) is 9.69. The molecular weight excluding hydrogens is 253 g/mol. The average molecular weight is 271 g/mol. The van der Waals surface area contributed by atoms with Crippen LogP contribution in [0, 0.1) is 12.7 Å². The molecule has 3 rings (SSSR count). The molecule has 0 saturated carbocycles. The van der Waals surface area contributed by atoms with Gasteiger partial charge in [-0.15, -0.1) is 0 Å².